The van der Waals surface area contributed by atoms with E-state index in [-0.39, 0.29) is 6.67 Å². The Morgan fingerprint density at radius 2 is 1.60 bits per heavy atom. The minimum absolute atomic E-state index is 0.372. The monoisotopic (exact) mass is 202 g/mol. The first kappa shape index (κ1) is 7.73. The Morgan fingerprint density at radius 3 is 2.00 bits per heavy atom. The molecule has 0 N–H and O–H groups in total. The summed E-state index contributed by atoms with van der Waals surface area (Å²) in [6.07, 6.45) is 0. The van der Waals surface area contributed by atoms with Crippen LogP contribution in [0, 0.1) is 0 Å². The third kappa shape index (κ3) is 1.81. The average molecular weight is 203 g/mol. The Morgan fingerprint density at radius 1 is 1.10 bits per heavy atom. The molecule has 0 bridgehead atoms. The highest BCUT2D eigenvalue weighted by atomic mass is 79.9. The van der Waals surface area contributed by atoms with Crippen LogP contribution in [0.1, 0.15) is 11.1 Å². The van der Waals surface area contributed by atoms with E-state index in [9.17, 15) is 4.39 Å². The van der Waals surface area contributed by atoms with E-state index in [1.165, 1.54) is 5.56 Å². The van der Waals surface area contributed by atoms with Crippen LogP contribution < -0.4 is 0 Å². The molecule has 0 heterocycles. The second-order valence-electron chi connectivity index (χ2n) is 2.08. The first-order chi connectivity index (χ1) is 4.86. The summed E-state index contributed by atoms with van der Waals surface area (Å²) in [5.41, 5.74) is 1.92. The van der Waals surface area contributed by atoms with Gasteiger partial charge >= 0.3 is 0 Å². The van der Waals surface area contributed by atoms with Crippen molar-refractivity contribution in [1.29, 1.82) is 0 Å². The van der Waals surface area contributed by atoms with Gasteiger partial charge in [0.2, 0.25) is 0 Å². The second-order valence-corrected chi connectivity index (χ2v) is 2.64. The normalized spacial score (nSPS) is 9.80. The maximum Gasteiger partial charge on any atom is 0.115 e. The maximum absolute atomic E-state index is 11.9. The van der Waals surface area contributed by atoms with Crippen LogP contribution in [0.5, 0.6) is 0 Å². The highest BCUT2D eigenvalue weighted by molar-refractivity contribution is 9.08. The maximum atomic E-state index is 11.9. The van der Waals surface area contributed by atoms with Crippen LogP contribution in [0.2, 0.25) is 0 Å². The predicted molar refractivity (Wildman–Crippen MR) is 43.9 cm³/mol. The van der Waals surface area contributed by atoms with E-state index in [0.29, 0.717) is 0 Å². The number of hydrogen-bond donors (Lipinski definition) is 0. The van der Waals surface area contributed by atoms with Crippen LogP contribution in [0.3, 0.4) is 0 Å². The van der Waals surface area contributed by atoms with Gasteiger partial charge in [-0.3, -0.25) is 0 Å². The summed E-state index contributed by atoms with van der Waals surface area (Å²) in [6.45, 7) is -0.372. The third-order valence-corrected chi connectivity index (χ3v) is 1.98. The summed E-state index contributed by atoms with van der Waals surface area (Å²) in [7, 11) is 0. The third-order valence-electron chi connectivity index (χ3n) is 1.33. The van der Waals surface area contributed by atoms with Crippen LogP contribution in [0.25, 0.3) is 0 Å². The molecule has 0 aliphatic carbocycles. The van der Waals surface area contributed by atoms with Gasteiger partial charge in [-0.2, -0.15) is 0 Å². The molecule has 0 aromatic heterocycles. The molecule has 0 fully saturated rings. The molecule has 0 unspecified atom stereocenters. The average Bonchev–Trinajstić information content (AvgIpc) is 2.05. The molecule has 0 spiro atoms. The summed E-state index contributed by atoms with van der Waals surface area (Å²) < 4.78 is 11.9. The van der Waals surface area contributed by atoms with E-state index in [2.05, 4.69) is 15.9 Å². The van der Waals surface area contributed by atoms with Crippen LogP contribution in [0.4, 0.5) is 4.39 Å². The van der Waals surface area contributed by atoms with Gasteiger partial charge in [-0.25, -0.2) is 4.39 Å². The summed E-state index contributed by atoms with van der Waals surface area (Å²) >= 11 is 3.31. The minimum Gasteiger partial charge on any atom is -0.246 e. The van der Waals surface area contributed by atoms with Gasteiger partial charge in [-0.15, -0.1) is 0 Å². The molecule has 0 saturated heterocycles. The minimum atomic E-state index is -0.372. The molecule has 2 heteroatoms. The highest BCUT2D eigenvalue weighted by Crippen LogP contribution is 2.08. The van der Waals surface area contributed by atoms with Crippen LogP contribution >= 0.6 is 15.9 Å². The van der Waals surface area contributed by atoms with Gasteiger partial charge in [-0.05, 0) is 11.1 Å². The van der Waals surface area contributed by atoms with Gasteiger partial charge in [0.15, 0.2) is 0 Å². The quantitative estimate of drug-likeness (QED) is 0.648. The van der Waals surface area contributed by atoms with Gasteiger partial charge in [-0.1, -0.05) is 40.2 Å². The van der Waals surface area contributed by atoms with E-state index >= 15 is 0 Å². The van der Waals surface area contributed by atoms with E-state index in [4.69, 9.17) is 0 Å². The molecule has 0 nitrogen and oxygen atoms in total. The fourth-order valence-electron chi connectivity index (χ4n) is 0.717. The van der Waals surface area contributed by atoms with Gasteiger partial charge < -0.3 is 0 Å². The van der Waals surface area contributed by atoms with Crippen molar-refractivity contribution in [3.8, 4) is 0 Å². The first-order valence-corrected chi connectivity index (χ1v) is 4.18. The Balaban J connectivity index is 2.80. The molecule has 54 valence electrons. The van der Waals surface area contributed by atoms with Gasteiger partial charge in [0.05, 0.1) is 0 Å². The molecule has 0 atom stereocenters. The lowest BCUT2D eigenvalue weighted by molar-refractivity contribution is 0.485. The molecule has 0 amide bonds. The summed E-state index contributed by atoms with van der Waals surface area (Å²) in [5, 5.41) is 0.833. The lowest BCUT2D eigenvalue weighted by Gasteiger charge is -1.95. The number of hydrogen-bond acceptors (Lipinski definition) is 0. The van der Waals surface area contributed by atoms with E-state index in [1.807, 2.05) is 12.1 Å². The first-order valence-electron chi connectivity index (χ1n) is 3.06. The Labute approximate surface area is 68.2 Å². The lowest BCUT2D eigenvalue weighted by atomic mass is 10.2. The zero-order chi connectivity index (χ0) is 7.40. The smallest absolute Gasteiger partial charge is 0.115 e. The van der Waals surface area contributed by atoms with Crippen LogP contribution in [-0.4, -0.2) is 0 Å². The van der Waals surface area contributed by atoms with Crippen molar-refractivity contribution < 1.29 is 4.39 Å². The van der Waals surface area contributed by atoms with Crippen LogP contribution in [0.15, 0.2) is 24.3 Å². The topological polar surface area (TPSA) is 0 Å². The Kier molecular flexibility index (Phi) is 2.87. The van der Waals surface area contributed by atoms with Crippen molar-refractivity contribution in [2.45, 2.75) is 12.0 Å². The largest absolute Gasteiger partial charge is 0.246 e. The Hall–Kier alpha value is -0.370. The van der Waals surface area contributed by atoms with Crippen molar-refractivity contribution in [3.63, 3.8) is 0 Å². The lowest BCUT2D eigenvalue weighted by Crippen LogP contribution is -1.79. The fraction of sp³-hybridized carbons (Fsp3) is 0.250. The zero-order valence-electron chi connectivity index (χ0n) is 5.48. The molecule has 10 heavy (non-hydrogen) atoms. The number of halogens is 2. The summed E-state index contributed by atoms with van der Waals surface area (Å²) in [6, 6.07) is 7.44. The molecule has 1 aromatic carbocycles. The predicted octanol–water partition coefficient (Wildman–Crippen LogP) is 3.05. The summed E-state index contributed by atoms with van der Waals surface area (Å²) in [5.74, 6) is 0. The highest BCUT2D eigenvalue weighted by Gasteiger charge is 1.90. The van der Waals surface area contributed by atoms with E-state index < -0.39 is 0 Å². The van der Waals surface area contributed by atoms with Crippen molar-refractivity contribution >= 4 is 15.9 Å². The zero-order valence-corrected chi connectivity index (χ0v) is 7.07. The van der Waals surface area contributed by atoms with Crippen molar-refractivity contribution in [1.82, 2.24) is 0 Å². The Bertz CT molecular complexity index is 170. The van der Waals surface area contributed by atoms with E-state index in [1.54, 1.807) is 12.1 Å². The number of rotatable bonds is 2. The molecular formula is C8H8BrF. The molecule has 0 saturated carbocycles. The van der Waals surface area contributed by atoms with Gasteiger partial charge in [0.25, 0.3) is 0 Å². The van der Waals surface area contributed by atoms with Crippen molar-refractivity contribution in [3.05, 3.63) is 35.4 Å². The molecule has 0 aliphatic heterocycles. The van der Waals surface area contributed by atoms with Crippen LogP contribution in [-0.2, 0) is 12.0 Å². The molecule has 0 aliphatic rings. The van der Waals surface area contributed by atoms with Crippen molar-refractivity contribution in [2.24, 2.45) is 0 Å². The molecule has 1 aromatic rings. The van der Waals surface area contributed by atoms with Gasteiger partial charge in [0.1, 0.15) is 6.67 Å². The SMILES string of the molecule is FCc1ccc(CBr)cc1. The van der Waals surface area contributed by atoms with Crippen molar-refractivity contribution in [2.75, 3.05) is 0 Å². The number of alkyl halides is 2. The summed E-state index contributed by atoms with van der Waals surface area (Å²) in [4.78, 5) is 0. The molecule has 1 rings (SSSR count). The number of benzene rings is 1. The second kappa shape index (κ2) is 3.71. The molecular weight excluding hydrogens is 195 g/mol. The molecule has 0 radical (unpaired) electrons. The van der Waals surface area contributed by atoms with Gasteiger partial charge in [0, 0.05) is 5.33 Å². The standard InChI is InChI=1S/C8H8BrF/c9-5-7-1-3-8(6-10)4-2-7/h1-4H,5-6H2. The van der Waals surface area contributed by atoms with E-state index in [0.717, 1.165) is 10.9 Å². The fourth-order valence-corrected chi connectivity index (χ4v) is 1.09.